The number of benzene rings is 1. The molecule has 0 aliphatic carbocycles. The zero-order valence-corrected chi connectivity index (χ0v) is 11.7. The number of rotatable bonds is 5. The molecule has 0 aliphatic heterocycles. The highest BCUT2D eigenvalue weighted by molar-refractivity contribution is 6.32. The Morgan fingerprint density at radius 3 is 2.75 bits per heavy atom. The summed E-state index contributed by atoms with van der Waals surface area (Å²) in [6.07, 6.45) is 3.18. The van der Waals surface area contributed by atoms with Crippen molar-refractivity contribution >= 4 is 17.3 Å². The summed E-state index contributed by atoms with van der Waals surface area (Å²) < 4.78 is 6.31. The summed E-state index contributed by atoms with van der Waals surface area (Å²) in [5, 5.41) is 7.15. The van der Waals surface area contributed by atoms with Gasteiger partial charge in [-0.05, 0) is 24.3 Å². The molecule has 0 spiro atoms. The number of nitrogens with zero attached hydrogens (tertiary/aromatic N) is 2. The second kappa shape index (κ2) is 6.25. The molecule has 0 unspecified atom stereocenters. The second-order valence-corrected chi connectivity index (χ2v) is 4.33. The molecule has 1 heterocycles. The third-order valence-electron chi connectivity index (χ3n) is 2.67. The molecule has 1 aromatic heterocycles. The Labute approximate surface area is 121 Å². The van der Waals surface area contributed by atoms with E-state index >= 15 is 0 Å². The van der Waals surface area contributed by atoms with Gasteiger partial charge in [0.2, 0.25) is 0 Å². The number of aromatic nitrogens is 2. The standard InChI is InChI=1S/C14H14ClN3O2/c1-3-8-16-12-9-17-18(14(19)13(12)15)10-4-6-11(20-2)7-5-10/h3-7,9,16H,1,8H2,2H3. The predicted octanol–water partition coefficient (Wildman–Crippen LogP) is 2.49. The Balaban J connectivity index is 2.39. The summed E-state index contributed by atoms with van der Waals surface area (Å²) in [5.41, 5.74) is 0.722. The lowest BCUT2D eigenvalue weighted by Gasteiger charge is -2.09. The molecule has 0 amide bonds. The monoisotopic (exact) mass is 291 g/mol. The van der Waals surface area contributed by atoms with E-state index in [0.29, 0.717) is 23.7 Å². The first-order valence-corrected chi connectivity index (χ1v) is 6.32. The maximum Gasteiger partial charge on any atom is 0.292 e. The first kappa shape index (κ1) is 14.1. The van der Waals surface area contributed by atoms with Crippen LogP contribution in [0.15, 0.2) is 47.9 Å². The van der Waals surface area contributed by atoms with Crippen LogP contribution in [0, 0.1) is 0 Å². The molecular weight excluding hydrogens is 278 g/mol. The molecule has 20 heavy (non-hydrogen) atoms. The van der Waals surface area contributed by atoms with E-state index in [-0.39, 0.29) is 10.6 Å². The van der Waals surface area contributed by atoms with Gasteiger partial charge in [-0.25, -0.2) is 0 Å². The summed E-state index contributed by atoms with van der Waals surface area (Å²) in [6, 6.07) is 6.98. The van der Waals surface area contributed by atoms with Crippen molar-refractivity contribution in [1.29, 1.82) is 0 Å². The van der Waals surface area contributed by atoms with E-state index in [0.717, 1.165) is 0 Å². The lowest BCUT2D eigenvalue weighted by atomic mass is 10.3. The van der Waals surface area contributed by atoms with Crippen molar-refractivity contribution in [3.63, 3.8) is 0 Å². The second-order valence-electron chi connectivity index (χ2n) is 3.96. The highest BCUT2D eigenvalue weighted by Gasteiger charge is 2.10. The van der Waals surface area contributed by atoms with Crippen LogP contribution in [0.4, 0.5) is 5.69 Å². The van der Waals surface area contributed by atoms with Crippen molar-refractivity contribution in [2.75, 3.05) is 19.0 Å². The fourth-order valence-corrected chi connectivity index (χ4v) is 1.84. The zero-order chi connectivity index (χ0) is 14.5. The lowest BCUT2D eigenvalue weighted by Crippen LogP contribution is -2.22. The maximum absolute atomic E-state index is 12.2. The molecule has 2 rings (SSSR count). The van der Waals surface area contributed by atoms with Gasteiger partial charge in [0.25, 0.3) is 5.56 Å². The third kappa shape index (κ3) is 2.83. The van der Waals surface area contributed by atoms with Crippen LogP contribution in [0.5, 0.6) is 5.75 Å². The normalized spacial score (nSPS) is 10.1. The molecule has 0 fully saturated rings. The Morgan fingerprint density at radius 1 is 1.45 bits per heavy atom. The summed E-state index contributed by atoms with van der Waals surface area (Å²) in [7, 11) is 1.58. The Hall–Kier alpha value is -2.27. The molecule has 0 aliphatic rings. The summed E-state index contributed by atoms with van der Waals surface area (Å²) in [4.78, 5) is 12.2. The topological polar surface area (TPSA) is 56.1 Å². The van der Waals surface area contributed by atoms with Crippen LogP contribution in [0.25, 0.3) is 5.69 Å². The highest BCUT2D eigenvalue weighted by Crippen LogP contribution is 2.17. The molecule has 1 aromatic carbocycles. The van der Waals surface area contributed by atoms with E-state index in [1.54, 1.807) is 37.5 Å². The highest BCUT2D eigenvalue weighted by atomic mass is 35.5. The lowest BCUT2D eigenvalue weighted by molar-refractivity contribution is 0.414. The number of anilines is 1. The van der Waals surface area contributed by atoms with Gasteiger partial charge in [-0.1, -0.05) is 17.7 Å². The average molecular weight is 292 g/mol. The minimum atomic E-state index is -0.383. The fourth-order valence-electron chi connectivity index (χ4n) is 1.65. The number of nitrogens with one attached hydrogen (secondary N) is 1. The molecule has 0 radical (unpaired) electrons. The van der Waals surface area contributed by atoms with Gasteiger partial charge in [0, 0.05) is 6.54 Å². The summed E-state index contributed by atoms with van der Waals surface area (Å²) in [5.74, 6) is 0.706. The average Bonchev–Trinajstić information content (AvgIpc) is 2.49. The first-order chi connectivity index (χ1) is 9.67. The first-order valence-electron chi connectivity index (χ1n) is 5.94. The predicted molar refractivity (Wildman–Crippen MR) is 80.1 cm³/mol. The minimum absolute atomic E-state index is 0.0951. The number of ether oxygens (including phenoxy) is 1. The number of halogens is 1. The van der Waals surface area contributed by atoms with Crippen LogP contribution < -0.4 is 15.6 Å². The van der Waals surface area contributed by atoms with Crippen molar-refractivity contribution in [1.82, 2.24) is 9.78 Å². The van der Waals surface area contributed by atoms with Crippen molar-refractivity contribution < 1.29 is 4.74 Å². The third-order valence-corrected chi connectivity index (χ3v) is 3.04. The smallest absolute Gasteiger partial charge is 0.292 e. The van der Waals surface area contributed by atoms with Gasteiger partial charge in [0.15, 0.2) is 0 Å². The fraction of sp³-hybridized carbons (Fsp3) is 0.143. The van der Waals surface area contributed by atoms with Crippen molar-refractivity contribution in [2.45, 2.75) is 0 Å². The van der Waals surface area contributed by atoms with Crippen molar-refractivity contribution in [2.24, 2.45) is 0 Å². The molecular formula is C14H14ClN3O2. The van der Waals surface area contributed by atoms with Gasteiger partial charge in [-0.15, -0.1) is 6.58 Å². The SMILES string of the molecule is C=CCNc1cnn(-c2ccc(OC)cc2)c(=O)c1Cl. The van der Waals surface area contributed by atoms with E-state index in [1.165, 1.54) is 10.9 Å². The van der Waals surface area contributed by atoms with E-state index in [4.69, 9.17) is 16.3 Å². The Morgan fingerprint density at radius 2 is 2.15 bits per heavy atom. The molecule has 1 N–H and O–H groups in total. The summed E-state index contributed by atoms with van der Waals surface area (Å²) in [6.45, 7) is 4.10. The Kier molecular flexibility index (Phi) is 4.42. The molecule has 2 aromatic rings. The van der Waals surface area contributed by atoms with Crippen LogP contribution in [-0.4, -0.2) is 23.4 Å². The molecule has 5 nitrogen and oxygen atoms in total. The van der Waals surface area contributed by atoms with Crippen LogP contribution >= 0.6 is 11.6 Å². The zero-order valence-electron chi connectivity index (χ0n) is 11.0. The van der Waals surface area contributed by atoms with Crippen molar-refractivity contribution in [3.8, 4) is 11.4 Å². The van der Waals surface area contributed by atoms with Gasteiger partial charge in [-0.2, -0.15) is 9.78 Å². The van der Waals surface area contributed by atoms with Crippen LogP contribution in [0.3, 0.4) is 0 Å². The number of hydrogen-bond acceptors (Lipinski definition) is 4. The van der Waals surface area contributed by atoms with Crippen LogP contribution in [0.1, 0.15) is 0 Å². The molecule has 0 saturated carbocycles. The van der Waals surface area contributed by atoms with Crippen molar-refractivity contribution in [3.05, 3.63) is 58.5 Å². The maximum atomic E-state index is 12.2. The van der Waals surface area contributed by atoms with Gasteiger partial charge in [-0.3, -0.25) is 4.79 Å². The van der Waals surface area contributed by atoms with E-state index < -0.39 is 0 Å². The molecule has 0 bridgehead atoms. The quantitative estimate of drug-likeness (QED) is 0.860. The van der Waals surface area contributed by atoms with E-state index in [2.05, 4.69) is 17.0 Å². The van der Waals surface area contributed by atoms with Crippen LogP contribution in [-0.2, 0) is 0 Å². The number of hydrogen-bond donors (Lipinski definition) is 1. The largest absolute Gasteiger partial charge is 0.497 e. The number of methoxy groups -OCH3 is 1. The molecule has 6 heteroatoms. The molecule has 104 valence electrons. The van der Waals surface area contributed by atoms with Crippen LogP contribution in [0.2, 0.25) is 5.02 Å². The molecule has 0 atom stereocenters. The summed E-state index contributed by atoms with van der Waals surface area (Å²) >= 11 is 6.05. The minimum Gasteiger partial charge on any atom is -0.497 e. The Bertz CT molecular complexity index is 665. The van der Waals surface area contributed by atoms with Gasteiger partial charge >= 0.3 is 0 Å². The molecule has 0 saturated heterocycles. The van der Waals surface area contributed by atoms with E-state index in [1.807, 2.05) is 0 Å². The van der Waals surface area contributed by atoms with Gasteiger partial charge < -0.3 is 10.1 Å². The van der Waals surface area contributed by atoms with Gasteiger partial charge in [0.1, 0.15) is 10.8 Å². The van der Waals surface area contributed by atoms with E-state index in [9.17, 15) is 4.79 Å². The van der Waals surface area contributed by atoms with Gasteiger partial charge in [0.05, 0.1) is 24.7 Å².